The standard InChI is InChI=1S/C18H36FNOSi/c1-13(2)17(12-21-22(3,4)5)20-18(14-9-10-14)15-7-6-8-16(19)11-15/h13-18,20H,6-12H2,1-5H3/t15?,16?,17-,18+/m1/s1. The number of halogens is 1. The van der Waals surface area contributed by atoms with Gasteiger partial charge in [-0.15, -0.1) is 0 Å². The molecule has 1 N–H and O–H groups in total. The van der Waals surface area contributed by atoms with Gasteiger partial charge in [0.15, 0.2) is 8.32 Å². The normalized spacial score (nSPS) is 29.6. The molecular weight excluding hydrogens is 293 g/mol. The molecule has 0 amide bonds. The first-order chi connectivity index (χ1) is 10.3. The van der Waals surface area contributed by atoms with E-state index in [0.29, 0.717) is 23.9 Å². The Hall–Kier alpha value is 0.0669. The van der Waals surface area contributed by atoms with Crippen molar-refractivity contribution in [2.24, 2.45) is 17.8 Å². The van der Waals surface area contributed by atoms with Gasteiger partial charge in [-0.25, -0.2) is 4.39 Å². The van der Waals surface area contributed by atoms with Crippen molar-refractivity contribution in [2.45, 2.75) is 90.3 Å². The quantitative estimate of drug-likeness (QED) is 0.648. The zero-order valence-electron chi connectivity index (χ0n) is 15.2. The summed E-state index contributed by atoms with van der Waals surface area (Å²) >= 11 is 0. The van der Waals surface area contributed by atoms with Gasteiger partial charge in [0, 0.05) is 18.7 Å². The highest BCUT2D eigenvalue weighted by molar-refractivity contribution is 6.69. The molecule has 2 unspecified atom stereocenters. The molecule has 0 aromatic carbocycles. The van der Waals surface area contributed by atoms with E-state index in [1.165, 1.54) is 19.3 Å². The van der Waals surface area contributed by atoms with Crippen LogP contribution < -0.4 is 5.32 Å². The number of rotatable bonds is 8. The third-order valence-electron chi connectivity index (χ3n) is 5.20. The van der Waals surface area contributed by atoms with Gasteiger partial charge < -0.3 is 9.74 Å². The third kappa shape index (κ3) is 5.93. The number of hydrogen-bond donors (Lipinski definition) is 1. The second-order valence-corrected chi connectivity index (χ2v) is 13.3. The Morgan fingerprint density at radius 1 is 1.09 bits per heavy atom. The molecule has 0 spiro atoms. The van der Waals surface area contributed by atoms with Crippen LogP contribution in [0.3, 0.4) is 0 Å². The number of alkyl halides is 1. The summed E-state index contributed by atoms with van der Waals surface area (Å²) in [6.07, 6.45) is 5.89. The molecule has 0 aromatic heterocycles. The maximum Gasteiger partial charge on any atom is 0.183 e. The van der Waals surface area contributed by atoms with Gasteiger partial charge in [-0.05, 0) is 69.5 Å². The van der Waals surface area contributed by atoms with E-state index < -0.39 is 14.5 Å². The van der Waals surface area contributed by atoms with Crippen molar-refractivity contribution >= 4 is 8.32 Å². The SMILES string of the molecule is CC(C)[C@@H](CO[Si](C)(C)C)N[C@@H](C1CC1)C1CCCC(F)C1. The van der Waals surface area contributed by atoms with Crippen LogP contribution in [0, 0.1) is 17.8 Å². The van der Waals surface area contributed by atoms with Gasteiger partial charge in [0.1, 0.15) is 6.17 Å². The number of hydrogen-bond acceptors (Lipinski definition) is 2. The lowest BCUT2D eigenvalue weighted by atomic mass is 9.80. The van der Waals surface area contributed by atoms with Crippen LogP contribution in [0.5, 0.6) is 0 Å². The molecule has 0 aliphatic heterocycles. The first kappa shape index (κ1) is 18.4. The first-order valence-corrected chi connectivity index (χ1v) is 12.7. The van der Waals surface area contributed by atoms with Crippen molar-refractivity contribution in [3.63, 3.8) is 0 Å². The van der Waals surface area contributed by atoms with Crippen molar-refractivity contribution in [3.8, 4) is 0 Å². The summed E-state index contributed by atoms with van der Waals surface area (Å²) in [5.74, 6) is 1.87. The zero-order valence-corrected chi connectivity index (χ0v) is 16.2. The van der Waals surface area contributed by atoms with Crippen LogP contribution in [0.4, 0.5) is 4.39 Å². The van der Waals surface area contributed by atoms with E-state index in [-0.39, 0.29) is 0 Å². The average Bonchev–Trinajstić information content (AvgIpc) is 3.21. The maximum absolute atomic E-state index is 13.8. The van der Waals surface area contributed by atoms with Crippen molar-refractivity contribution in [2.75, 3.05) is 6.61 Å². The Kier molecular flexibility index (Phi) is 6.49. The lowest BCUT2D eigenvalue weighted by Crippen LogP contribution is -2.50. The molecule has 2 aliphatic carbocycles. The van der Waals surface area contributed by atoms with Gasteiger partial charge in [0.05, 0.1) is 0 Å². The number of nitrogens with one attached hydrogen (secondary N) is 1. The summed E-state index contributed by atoms with van der Waals surface area (Å²) < 4.78 is 20.0. The van der Waals surface area contributed by atoms with E-state index in [1.54, 1.807) is 0 Å². The zero-order chi connectivity index (χ0) is 16.3. The molecule has 0 radical (unpaired) electrons. The average molecular weight is 330 g/mol. The fourth-order valence-corrected chi connectivity index (χ4v) is 4.30. The van der Waals surface area contributed by atoms with Gasteiger partial charge in [-0.2, -0.15) is 0 Å². The van der Waals surface area contributed by atoms with Crippen LogP contribution in [-0.4, -0.2) is 33.2 Å². The molecule has 0 bridgehead atoms. The largest absolute Gasteiger partial charge is 0.416 e. The Morgan fingerprint density at radius 3 is 2.27 bits per heavy atom. The second kappa shape index (κ2) is 7.76. The molecular formula is C18H36FNOSi. The van der Waals surface area contributed by atoms with E-state index in [2.05, 4.69) is 38.8 Å². The predicted molar refractivity (Wildman–Crippen MR) is 94.4 cm³/mol. The molecule has 0 heterocycles. The van der Waals surface area contributed by atoms with E-state index in [1.807, 2.05) is 0 Å². The third-order valence-corrected chi connectivity index (χ3v) is 6.23. The van der Waals surface area contributed by atoms with Crippen LogP contribution in [0.25, 0.3) is 0 Å². The van der Waals surface area contributed by atoms with Gasteiger partial charge in [-0.3, -0.25) is 0 Å². The van der Waals surface area contributed by atoms with Crippen molar-refractivity contribution in [3.05, 3.63) is 0 Å². The molecule has 0 saturated heterocycles. The summed E-state index contributed by atoms with van der Waals surface area (Å²) in [4.78, 5) is 0. The van der Waals surface area contributed by atoms with Gasteiger partial charge in [0.25, 0.3) is 0 Å². The van der Waals surface area contributed by atoms with Crippen LogP contribution in [0.1, 0.15) is 52.4 Å². The molecule has 130 valence electrons. The molecule has 4 heteroatoms. The molecule has 2 aliphatic rings. The minimum absolute atomic E-state index is 0.400. The van der Waals surface area contributed by atoms with Gasteiger partial charge in [-0.1, -0.05) is 20.3 Å². The highest BCUT2D eigenvalue weighted by atomic mass is 28.4. The second-order valence-electron chi connectivity index (χ2n) is 8.83. The summed E-state index contributed by atoms with van der Waals surface area (Å²) in [5, 5.41) is 3.91. The molecule has 4 atom stereocenters. The van der Waals surface area contributed by atoms with Crippen LogP contribution in [0.2, 0.25) is 19.6 Å². The fraction of sp³-hybridized carbons (Fsp3) is 1.00. The van der Waals surface area contributed by atoms with Gasteiger partial charge in [0.2, 0.25) is 0 Å². The van der Waals surface area contributed by atoms with Crippen LogP contribution in [-0.2, 0) is 4.43 Å². The summed E-state index contributed by atoms with van der Waals surface area (Å²) in [6, 6.07) is 0.911. The van der Waals surface area contributed by atoms with Gasteiger partial charge >= 0.3 is 0 Å². The fourth-order valence-electron chi connectivity index (χ4n) is 3.62. The highest BCUT2D eigenvalue weighted by Crippen LogP contribution is 2.41. The Bertz CT molecular complexity index is 340. The van der Waals surface area contributed by atoms with E-state index in [4.69, 9.17) is 4.43 Å². The summed E-state index contributed by atoms with van der Waals surface area (Å²) in [7, 11) is -1.48. The van der Waals surface area contributed by atoms with Crippen molar-refractivity contribution < 1.29 is 8.82 Å². The minimum atomic E-state index is -1.48. The first-order valence-electron chi connectivity index (χ1n) is 9.30. The summed E-state index contributed by atoms with van der Waals surface area (Å²) in [6.45, 7) is 12.1. The lowest BCUT2D eigenvalue weighted by molar-refractivity contribution is 0.132. The maximum atomic E-state index is 13.8. The Balaban J connectivity index is 1.94. The molecule has 2 saturated carbocycles. The Morgan fingerprint density at radius 2 is 1.77 bits per heavy atom. The lowest BCUT2D eigenvalue weighted by Gasteiger charge is -2.37. The van der Waals surface area contributed by atoms with E-state index >= 15 is 0 Å². The molecule has 2 rings (SSSR count). The van der Waals surface area contributed by atoms with E-state index in [0.717, 1.165) is 31.8 Å². The molecule has 2 nitrogen and oxygen atoms in total. The Labute approximate surface area is 137 Å². The smallest absolute Gasteiger partial charge is 0.183 e. The van der Waals surface area contributed by atoms with Crippen molar-refractivity contribution in [1.82, 2.24) is 5.32 Å². The van der Waals surface area contributed by atoms with Crippen LogP contribution in [0.15, 0.2) is 0 Å². The molecule has 0 aromatic rings. The molecule has 22 heavy (non-hydrogen) atoms. The topological polar surface area (TPSA) is 21.3 Å². The molecule has 2 fully saturated rings. The summed E-state index contributed by atoms with van der Waals surface area (Å²) in [5.41, 5.74) is 0. The van der Waals surface area contributed by atoms with Crippen molar-refractivity contribution in [1.29, 1.82) is 0 Å². The van der Waals surface area contributed by atoms with Crippen LogP contribution >= 0.6 is 0 Å². The van der Waals surface area contributed by atoms with E-state index in [9.17, 15) is 4.39 Å². The monoisotopic (exact) mass is 329 g/mol. The highest BCUT2D eigenvalue weighted by Gasteiger charge is 2.40. The predicted octanol–water partition coefficient (Wildman–Crippen LogP) is 4.76. The minimum Gasteiger partial charge on any atom is -0.416 e.